The summed E-state index contributed by atoms with van der Waals surface area (Å²) in [5.41, 5.74) is 2.85. The molecule has 0 atom stereocenters. The van der Waals surface area contributed by atoms with Gasteiger partial charge in [-0.25, -0.2) is 9.97 Å². The predicted molar refractivity (Wildman–Crippen MR) is 70.0 cm³/mol. The van der Waals surface area contributed by atoms with Crippen molar-refractivity contribution >= 4 is 5.82 Å². The highest BCUT2D eigenvalue weighted by molar-refractivity contribution is 5.50. The summed E-state index contributed by atoms with van der Waals surface area (Å²) in [7, 11) is 0. The van der Waals surface area contributed by atoms with Crippen LogP contribution in [0.1, 0.15) is 22.5 Å². The number of nitrogens with one attached hydrogen (secondary N) is 1. The molecule has 1 aromatic heterocycles. The topological polar surface area (TPSA) is 61.6 Å². The van der Waals surface area contributed by atoms with Crippen molar-refractivity contribution < 1.29 is 0 Å². The average molecular weight is 238 g/mol. The fourth-order valence-corrected chi connectivity index (χ4v) is 1.58. The van der Waals surface area contributed by atoms with Crippen LogP contribution in [0.25, 0.3) is 0 Å². The first-order valence-electron chi connectivity index (χ1n) is 5.72. The van der Waals surface area contributed by atoms with Crippen molar-refractivity contribution in [2.24, 2.45) is 0 Å². The molecule has 18 heavy (non-hydrogen) atoms. The Morgan fingerprint density at radius 3 is 2.61 bits per heavy atom. The van der Waals surface area contributed by atoms with Crippen LogP contribution in [-0.4, -0.2) is 9.97 Å². The molecule has 2 aromatic rings. The number of hydrogen-bond donors (Lipinski definition) is 1. The number of aryl methyl sites for hydroxylation is 2. The fraction of sp³-hybridized carbons (Fsp3) is 0.214. The van der Waals surface area contributed by atoms with Gasteiger partial charge in [-0.3, -0.25) is 0 Å². The smallest absolute Gasteiger partial charge is 0.147 e. The summed E-state index contributed by atoms with van der Waals surface area (Å²) in [6.45, 7) is 4.50. The molecular weight excluding hydrogens is 224 g/mol. The Morgan fingerprint density at radius 1 is 1.22 bits per heavy atom. The van der Waals surface area contributed by atoms with Crippen LogP contribution in [0.15, 0.2) is 30.5 Å². The number of benzene rings is 1. The Balaban J connectivity index is 2.13. The molecule has 4 heteroatoms. The summed E-state index contributed by atoms with van der Waals surface area (Å²) in [4.78, 5) is 8.24. The van der Waals surface area contributed by atoms with Crippen molar-refractivity contribution in [2.45, 2.75) is 20.4 Å². The minimum absolute atomic E-state index is 0.465. The number of nitriles is 1. The zero-order valence-corrected chi connectivity index (χ0v) is 10.4. The van der Waals surface area contributed by atoms with Gasteiger partial charge >= 0.3 is 0 Å². The zero-order valence-electron chi connectivity index (χ0n) is 10.4. The molecule has 0 aliphatic rings. The lowest BCUT2D eigenvalue weighted by Gasteiger charge is -2.07. The Labute approximate surface area is 106 Å². The summed E-state index contributed by atoms with van der Waals surface area (Å²) >= 11 is 0. The van der Waals surface area contributed by atoms with Crippen molar-refractivity contribution in [2.75, 3.05) is 5.32 Å². The van der Waals surface area contributed by atoms with E-state index in [1.54, 1.807) is 13.1 Å². The highest BCUT2D eigenvalue weighted by Gasteiger charge is 2.04. The maximum Gasteiger partial charge on any atom is 0.147 e. The number of rotatable bonds is 3. The summed E-state index contributed by atoms with van der Waals surface area (Å²) in [6.07, 6.45) is 1.54. The largest absolute Gasteiger partial charge is 0.365 e. The van der Waals surface area contributed by atoms with Crippen LogP contribution in [-0.2, 0) is 6.54 Å². The van der Waals surface area contributed by atoms with Gasteiger partial charge < -0.3 is 5.32 Å². The summed E-state index contributed by atoms with van der Waals surface area (Å²) in [5, 5.41) is 12.1. The maximum absolute atomic E-state index is 8.97. The molecule has 2 rings (SSSR count). The molecule has 0 aliphatic heterocycles. The van der Waals surface area contributed by atoms with E-state index >= 15 is 0 Å². The van der Waals surface area contributed by atoms with Gasteiger partial charge in [0.1, 0.15) is 23.3 Å². The van der Waals surface area contributed by atoms with Crippen molar-refractivity contribution in [1.29, 1.82) is 5.26 Å². The Kier molecular flexibility index (Phi) is 3.54. The van der Waals surface area contributed by atoms with E-state index in [1.165, 1.54) is 5.56 Å². The second-order valence-corrected chi connectivity index (χ2v) is 4.13. The molecule has 1 aromatic carbocycles. The van der Waals surface area contributed by atoms with Crippen LogP contribution in [0.5, 0.6) is 0 Å². The summed E-state index contributed by atoms with van der Waals surface area (Å²) in [6, 6.07) is 10.3. The van der Waals surface area contributed by atoms with Crippen molar-refractivity contribution in [1.82, 2.24) is 9.97 Å². The quantitative estimate of drug-likeness (QED) is 0.892. The monoisotopic (exact) mass is 238 g/mol. The van der Waals surface area contributed by atoms with E-state index in [4.69, 9.17) is 5.26 Å². The highest BCUT2D eigenvalue weighted by atomic mass is 15.0. The average Bonchev–Trinajstić information content (AvgIpc) is 2.38. The molecule has 0 saturated heterocycles. The SMILES string of the molecule is Cc1ccc(CNc2nc(C)ncc2C#N)cc1. The number of hydrogen-bond acceptors (Lipinski definition) is 4. The molecule has 0 saturated carbocycles. The van der Waals surface area contributed by atoms with Gasteiger partial charge in [-0.05, 0) is 19.4 Å². The van der Waals surface area contributed by atoms with E-state index < -0.39 is 0 Å². The van der Waals surface area contributed by atoms with Crippen molar-refractivity contribution in [3.63, 3.8) is 0 Å². The summed E-state index contributed by atoms with van der Waals surface area (Å²) in [5.74, 6) is 1.24. The Hall–Kier alpha value is -2.41. The van der Waals surface area contributed by atoms with Gasteiger partial charge in [0.05, 0.1) is 6.20 Å². The number of nitrogens with zero attached hydrogens (tertiary/aromatic N) is 3. The third-order valence-electron chi connectivity index (χ3n) is 2.61. The van der Waals surface area contributed by atoms with Gasteiger partial charge in [-0.15, -0.1) is 0 Å². The minimum atomic E-state index is 0.465. The molecule has 0 amide bonds. The first-order chi connectivity index (χ1) is 8.69. The van der Waals surface area contributed by atoms with Crippen molar-refractivity contribution in [3.05, 3.63) is 53.0 Å². The van der Waals surface area contributed by atoms with E-state index in [9.17, 15) is 0 Å². The van der Waals surface area contributed by atoms with E-state index in [2.05, 4.69) is 52.5 Å². The third kappa shape index (κ3) is 2.83. The van der Waals surface area contributed by atoms with Crippen molar-refractivity contribution in [3.8, 4) is 6.07 Å². The van der Waals surface area contributed by atoms with Crippen LogP contribution in [0.3, 0.4) is 0 Å². The van der Waals surface area contributed by atoms with E-state index in [1.807, 2.05) is 0 Å². The zero-order chi connectivity index (χ0) is 13.0. The highest BCUT2D eigenvalue weighted by Crippen LogP contribution is 2.12. The molecule has 0 bridgehead atoms. The van der Waals surface area contributed by atoms with Gasteiger partial charge in [-0.2, -0.15) is 5.26 Å². The predicted octanol–water partition coefficient (Wildman–Crippen LogP) is 2.58. The standard InChI is InChI=1S/C14H14N4/c1-10-3-5-12(6-4-10)8-17-14-13(7-15)9-16-11(2)18-14/h3-6,9H,8H2,1-2H3,(H,16,17,18). The summed E-state index contributed by atoms with van der Waals surface area (Å²) < 4.78 is 0. The van der Waals surface area contributed by atoms with E-state index in [-0.39, 0.29) is 0 Å². The fourth-order valence-electron chi connectivity index (χ4n) is 1.58. The van der Waals surface area contributed by atoms with Gasteiger partial charge in [0.25, 0.3) is 0 Å². The van der Waals surface area contributed by atoms with Gasteiger partial charge in [0, 0.05) is 6.54 Å². The van der Waals surface area contributed by atoms with E-state index in [0.29, 0.717) is 23.8 Å². The molecule has 0 radical (unpaired) electrons. The number of anilines is 1. The lowest BCUT2D eigenvalue weighted by molar-refractivity contribution is 1.01. The second kappa shape index (κ2) is 5.28. The molecular formula is C14H14N4. The van der Waals surface area contributed by atoms with Crippen LogP contribution in [0.4, 0.5) is 5.82 Å². The van der Waals surface area contributed by atoms with Gasteiger partial charge in [0.15, 0.2) is 0 Å². The van der Waals surface area contributed by atoms with Crippen LogP contribution in [0, 0.1) is 25.2 Å². The molecule has 4 nitrogen and oxygen atoms in total. The lowest BCUT2D eigenvalue weighted by atomic mass is 10.1. The molecule has 0 spiro atoms. The first kappa shape index (κ1) is 12.1. The third-order valence-corrected chi connectivity index (χ3v) is 2.61. The minimum Gasteiger partial charge on any atom is -0.365 e. The second-order valence-electron chi connectivity index (χ2n) is 4.13. The van der Waals surface area contributed by atoms with Gasteiger partial charge in [0.2, 0.25) is 0 Å². The molecule has 0 aliphatic carbocycles. The van der Waals surface area contributed by atoms with Crippen LogP contribution < -0.4 is 5.32 Å². The van der Waals surface area contributed by atoms with Crippen LogP contribution in [0.2, 0.25) is 0 Å². The molecule has 0 unspecified atom stereocenters. The Morgan fingerprint density at radius 2 is 1.94 bits per heavy atom. The molecule has 90 valence electrons. The number of aromatic nitrogens is 2. The van der Waals surface area contributed by atoms with Crippen LogP contribution >= 0.6 is 0 Å². The Bertz CT molecular complexity index is 582. The molecule has 1 N–H and O–H groups in total. The lowest BCUT2D eigenvalue weighted by Crippen LogP contribution is -2.05. The molecule has 0 fully saturated rings. The maximum atomic E-state index is 8.97. The van der Waals surface area contributed by atoms with E-state index in [0.717, 1.165) is 5.56 Å². The van der Waals surface area contributed by atoms with Gasteiger partial charge in [-0.1, -0.05) is 29.8 Å². The normalized spacial score (nSPS) is 9.83. The first-order valence-corrected chi connectivity index (χ1v) is 5.72. The molecule has 1 heterocycles.